The number of hydrogen-bond acceptors (Lipinski definition) is 0. The second kappa shape index (κ2) is 7.15. The van der Waals surface area contributed by atoms with Crippen LogP contribution in [-0.4, -0.2) is 0 Å². The van der Waals surface area contributed by atoms with Gasteiger partial charge in [-0.05, 0) is 60.2 Å². The molecule has 2 aromatic carbocycles. The standard InChI is InChI=1S/C22H18F6/c1-13-3-5-17(11-19(13)21(23,24)25)15-7-9-16(10-8-15)18-6-4-14(2)20(12-18)22(26,27)28/h3-9,11-12,16H,10H2,1-2H3. The number of benzene rings is 2. The van der Waals surface area contributed by atoms with Crippen LogP contribution in [0.15, 0.2) is 54.6 Å². The van der Waals surface area contributed by atoms with Gasteiger partial charge in [-0.3, -0.25) is 0 Å². The van der Waals surface area contributed by atoms with Crippen molar-refractivity contribution in [3.8, 4) is 0 Å². The van der Waals surface area contributed by atoms with Crippen LogP contribution in [0.1, 0.15) is 45.7 Å². The number of rotatable bonds is 2. The van der Waals surface area contributed by atoms with E-state index in [4.69, 9.17) is 0 Å². The molecule has 0 saturated carbocycles. The fourth-order valence-electron chi connectivity index (χ4n) is 3.36. The molecular formula is C22H18F6. The first-order valence-corrected chi connectivity index (χ1v) is 8.71. The summed E-state index contributed by atoms with van der Waals surface area (Å²) in [7, 11) is 0. The third kappa shape index (κ3) is 4.16. The van der Waals surface area contributed by atoms with E-state index in [0.717, 1.165) is 12.1 Å². The van der Waals surface area contributed by atoms with E-state index >= 15 is 0 Å². The van der Waals surface area contributed by atoms with Gasteiger partial charge in [0.15, 0.2) is 0 Å². The largest absolute Gasteiger partial charge is 0.416 e. The summed E-state index contributed by atoms with van der Waals surface area (Å²) in [6.07, 6.45) is -3.25. The highest BCUT2D eigenvalue weighted by molar-refractivity contribution is 5.76. The number of alkyl halides is 6. The van der Waals surface area contributed by atoms with Crippen LogP contribution < -0.4 is 0 Å². The first-order chi connectivity index (χ1) is 13.0. The Balaban J connectivity index is 1.86. The number of aryl methyl sites for hydroxylation is 2. The maximum Gasteiger partial charge on any atom is 0.416 e. The number of hydrogen-bond donors (Lipinski definition) is 0. The minimum Gasteiger partial charge on any atom is -0.166 e. The molecular weight excluding hydrogens is 378 g/mol. The van der Waals surface area contributed by atoms with E-state index in [1.54, 1.807) is 30.4 Å². The van der Waals surface area contributed by atoms with Crippen molar-refractivity contribution >= 4 is 5.57 Å². The molecule has 0 aliphatic heterocycles. The van der Waals surface area contributed by atoms with E-state index in [1.165, 1.54) is 26.0 Å². The van der Waals surface area contributed by atoms with E-state index in [1.807, 2.05) is 0 Å². The van der Waals surface area contributed by atoms with Crippen molar-refractivity contribution in [2.75, 3.05) is 0 Å². The minimum atomic E-state index is -4.43. The molecule has 1 unspecified atom stereocenters. The highest BCUT2D eigenvalue weighted by atomic mass is 19.4. The minimum absolute atomic E-state index is 0.147. The van der Waals surface area contributed by atoms with Gasteiger partial charge < -0.3 is 0 Å². The molecule has 0 radical (unpaired) electrons. The SMILES string of the molecule is Cc1ccc(C2=CCC(c3ccc(C)c(C(F)(F)F)c3)C=C2)cc1C(F)(F)F. The van der Waals surface area contributed by atoms with E-state index < -0.39 is 23.5 Å². The van der Waals surface area contributed by atoms with Gasteiger partial charge >= 0.3 is 12.4 Å². The summed E-state index contributed by atoms with van der Waals surface area (Å²) < 4.78 is 78.7. The van der Waals surface area contributed by atoms with E-state index in [9.17, 15) is 26.3 Å². The van der Waals surface area contributed by atoms with Gasteiger partial charge in [0.25, 0.3) is 0 Å². The lowest BCUT2D eigenvalue weighted by Crippen LogP contribution is -2.10. The summed E-state index contributed by atoms with van der Waals surface area (Å²) >= 11 is 0. The van der Waals surface area contributed by atoms with Gasteiger partial charge in [0, 0.05) is 5.92 Å². The van der Waals surface area contributed by atoms with E-state index in [2.05, 4.69) is 0 Å². The maximum absolute atomic E-state index is 13.1. The monoisotopic (exact) mass is 396 g/mol. The summed E-state index contributed by atoms with van der Waals surface area (Å²) in [5, 5.41) is 0. The van der Waals surface area contributed by atoms with Crippen molar-refractivity contribution in [2.45, 2.75) is 38.5 Å². The molecule has 3 rings (SSSR count). The van der Waals surface area contributed by atoms with Crippen LogP contribution in [0, 0.1) is 13.8 Å². The average molecular weight is 396 g/mol. The molecule has 0 aromatic heterocycles. The normalized spacial score (nSPS) is 17.6. The van der Waals surface area contributed by atoms with Crippen molar-refractivity contribution in [3.63, 3.8) is 0 Å². The molecule has 0 heterocycles. The number of halogens is 6. The zero-order chi connectivity index (χ0) is 20.7. The van der Waals surface area contributed by atoms with E-state index in [-0.39, 0.29) is 17.0 Å². The zero-order valence-corrected chi connectivity index (χ0v) is 15.2. The molecule has 2 aromatic rings. The molecule has 1 atom stereocenters. The fourth-order valence-corrected chi connectivity index (χ4v) is 3.36. The third-order valence-corrected chi connectivity index (χ3v) is 4.97. The lowest BCUT2D eigenvalue weighted by atomic mass is 9.86. The molecule has 0 amide bonds. The Kier molecular flexibility index (Phi) is 5.17. The predicted molar refractivity (Wildman–Crippen MR) is 96.8 cm³/mol. The second-order valence-corrected chi connectivity index (χ2v) is 6.96. The summed E-state index contributed by atoms with van der Waals surface area (Å²) in [6, 6.07) is 8.41. The van der Waals surface area contributed by atoms with Gasteiger partial charge in [-0.25, -0.2) is 0 Å². The van der Waals surface area contributed by atoms with Crippen LogP contribution in [0.4, 0.5) is 26.3 Å². The highest BCUT2D eigenvalue weighted by Gasteiger charge is 2.34. The van der Waals surface area contributed by atoms with Crippen LogP contribution in [0.5, 0.6) is 0 Å². The van der Waals surface area contributed by atoms with Crippen molar-refractivity contribution in [2.24, 2.45) is 0 Å². The molecule has 6 heteroatoms. The van der Waals surface area contributed by atoms with E-state index in [0.29, 0.717) is 23.1 Å². The van der Waals surface area contributed by atoms with Crippen LogP contribution in [0.25, 0.3) is 5.57 Å². The number of allylic oxidation sites excluding steroid dienone is 4. The van der Waals surface area contributed by atoms with Crippen molar-refractivity contribution in [1.82, 2.24) is 0 Å². The lowest BCUT2D eigenvalue weighted by molar-refractivity contribution is -0.138. The van der Waals surface area contributed by atoms with Crippen LogP contribution in [-0.2, 0) is 12.4 Å². The average Bonchev–Trinajstić information content (AvgIpc) is 2.61. The molecule has 0 fully saturated rings. The second-order valence-electron chi connectivity index (χ2n) is 6.96. The lowest BCUT2D eigenvalue weighted by Gasteiger charge is -2.20. The smallest absolute Gasteiger partial charge is 0.166 e. The van der Waals surface area contributed by atoms with Crippen LogP contribution in [0.3, 0.4) is 0 Å². The maximum atomic E-state index is 13.1. The summed E-state index contributed by atoms with van der Waals surface area (Å²) in [5.74, 6) is -0.252. The molecule has 148 valence electrons. The molecule has 0 bridgehead atoms. The molecule has 1 aliphatic rings. The van der Waals surface area contributed by atoms with Crippen LogP contribution >= 0.6 is 0 Å². The quantitative estimate of drug-likeness (QED) is 0.462. The summed E-state index contributed by atoms with van der Waals surface area (Å²) in [4.78, 5) is 0. The van der Waals surface area contributed by atoms with Crippen LogP contribution in [0.2, 0.25) is 0 Å². The Morgan fingerprint density at radius 3 is 1.89 bits per heavy atom. The Morgan fingerprint density at radius 2 is 1.36 bits per heavy atom. The van der Waals surface area contributed by atoms with Crippen molar-refractivity contribution in [1.29, 1.82) is 0 Å². The molecule has 0 N–H and O–H groups in total. The molecule has 0 nitrogen and oxygen atoms in total. The first-order valence-electron chi connectivity index (χ1n) is 8.71. The Hall–Kier alpha value is -2.50. The Labute approximate surface area is 159 Å². The van der Waals surface area contributed by atoms with Crippen molar-refractivity contribution < 1.29 is 26.3 Å². The molecule has 28 heavy (non-hydrogen) atoms. The van der Waals surface area contributed by atoms with Gasteiger partial charge in [0.2, 0.25) is 0 Å². The third-order valence-electron chi connectivity index (χ3n) is 4.97. The van der Waals surface area contributed by atoms with Gasteiger partial charge in [0.05, 0.1) is 11.1 Å². The fraction of sp³-hybridized carbons (Fsp3) is 0.273. The predicted octanol–water partition coefficient (Wildman–Crippen LogP) is 7.47. The van der Waals surface area contributed by atoms with Crippen molar-refractivity contribution in [3.05, 3.63) is 88.0 Å². The summed E-state index contributed by atoms with van der Waals surface area (Å²) in [6.45, 7) is 2.82. The summed E-state index contributed by atoms with van der Waals surface area (Å²) in [5.41, 5.74) is 0.554. The van der Waals surface area contributed by atoms with Gasteiger partial charge in [-0.2, -0.15) is 26.3 Å². The molecule has 0 spiro atoms. The van der Waals surface area contributed by atoms with Gasteiger partial charge in [-0.1, -0.05) is 42.5 Å². The molecule has 0 saturated heterocycles. The zero-order valence-electron chi connectivity index (χ0n) is 15.2. The highest BCUT2D eigenvalue weighted by Crippen LogP contribution is 2.38. The van der Waals surface area contributed by atoms with Gasteiger partial charge in [0.1, 0.15) is 0 Å². The first kappa shape index (κ1) is 20.2. The van der Waals surface area contributed by atoms with Gasteiger partial charge in [-0.15, -0.1) is 0 Å². The Morgan fingerprint density at radius 1 is 0.786 bits per heavy atom. The topological polar surface area (TPSA) is 0 Å². The molecule has 1 aliphatic carbocycles. The Bertz CT molecular complexity index is 944.